The van der Waals surface area contributed by atoms with Crippen LogP contribution in [0, 0.1) is 6.92 Å². The topological polar surface area (TPSA) is 93.9 Å². The Hall–Kier alpha value is -3.53. The number of carbonyl (C=O) groups excluding carboxylic acids is 1. The molecule has 3 heterocycles. The molecule has 0 radical (unpaired) electrons. The Balaban J connectivity index is 1.66. The van der Waals surface area contributed by atoms with Crippen molar-refractivity contribution in [2.75, 3.05) is 25.2 Å². The average molecular weight is 528 g/mol. The lowest BCUT2D eigenvalue weighted by molar-refractivity contribution is -0.139. The molecule has 5 rings (SSSR count). The molecular formula is C28H31F2N3O5. The van der Waals surface area contributed by atoms with Crippen LogP contribution in [0.1, 0.15) is 54.2 Å². The number of hydrogen-bond acceptors (Lipinski definition) is 5. The van der Waals surface area contributed by atoms with E-state index in [1.54, 1.807) is 33.7 Å². The molecule has 2 aromatic carbocycles. The van der Waals surface area contributed by atoms with Crippen molar-refractivity contribution in [3.05, 3.63) is 58.9 Å². The summed E-state index contributed by atoms with van der Waals surface area (Å²) in [5.41, 5.74) is 4.30. The van der Waals surface area contributed by atoms with Crippen LogP contribution in [0.4, 0.5) is 19.3 Å². The van der Waals surface area contributed by atoms with Gasteiger partial charge in [0, 0.05) is 24.4 Å². The third kappa shape index (κ3) is 4.73. The van der Waals surface area contributed by atoms with E-state index < -0.39 is 43.0 Å². The van der Waals surface area contributed by atoms with Gasteiger partial charge >= 0.3 is 12.1 Å². The number of ether oxygens (including phenoxy) is 2. The molecule has 2 aliphatic heterocycles. The lowest BCUT2D eigenvalue weighted by Gasteiger charge is -2.34. The van der Waals surface area contributed by atoms with Crippen LogP contribution < -0.4 is 4.90 Å². The van der Waals surface area contributed by atoms with Crippen molar-refractivity contribution < 1.29 is 33.0 Å². The highest BCUT2D eigenvalue weighted by Gasteiger charge is 2.40. The van der Waals surface area contributed by atoms with Crippen molar-refractivity contribution in [1.82, 2.24) is 9.55 Å². The van der Waals surface area contributed by atoms with Crippen LogP contribution in [0.25, 0.3) is 11.0 Å². The number of fused-ring (bicyclic) bond motifs is 3. The maximum Gasteiger partial charge on any atom is 0.414 e. The summed E-state index contributed by atoms with van der Waals surface area (Å²) in [5.74, 6) is -4.55. The first-order valence-electron chi connectivity index (χ1n) is 12.7. The molecule has 3 aromatic rings. The molecule has 0 saturated carbocycles. The first-order chi connectivity index (χ1) is 18.1. The molecule has 1 aromatic heterocycles. The normalized spacial score (nSPS) is 21.7. The molecule has 0 unspecified atom stereocenters. The Labute approximate surface area is 219 Å². The van der Waals surface area contributed by atoms with Crippen molar-refractivity contribution >= 4 is 28.8 Å². The molecular weight excluding hydrogens is 496 g/mol. The van der Waals surface area contributed by atoms with E-state index in [-0.39, 0.29) is 19.1 Å². The van der Waals surface area contributed by atoms with Gasteiger partial charge in [-0.15, -0.1) is 0 Å². The number of nitrogens with zero attached hydrogens (tertiary/aromatic N) is 3. The molecule has 0 spiro atoms. The van der Waals surface area contributed by atoms with Gasteiger partial charge in [-0.3, -0.25) is 9.69 Å². The molecule has 1 saturated heterocycles. The molecule has 0 bridgehead atoms. The molecule has 202 valence electrons. The molecule has 1 fully saturated rings. The zero-order valence-corrected chi connectivity index (χ0v) is 21.6. The predicted molar refractivity (Wildman–Crippen MR) is 137 cm³/mol. The fourth-order valence-electron chi connectivity index (χ4n) is 5.68. The van der Waals surface area contributed by atoms with Crippen molar-refractivity contribution in [2.24, 2.45) is 0 Å². The number of imidazole rings is 1. The third-order valence-electron chi connectivity index (χ3n) is 7.59. The Morgan fingerprint density at radius 2 is 1.97 bits per heavy atom. The molecule has 3 atom stereocenters. The first-order valence-corrected chi connectivity index (χ1v) is 12.7. The quantitative estimate of drug-likeness (QED) is 0.487. The first kappa shape index (κ1) is 26.1. The van der Waals surface area contributed by atoms with Gasteiger partial charge < -0.3 is 19.1 Å². The number of amides is 1. The number of carboxylic acid groups (broad SMARTS) is 1. The van der Waals surface area contributed by atoms with E-state index in [1.807, 2.05) is 26.0 Å². The number of alkyl halides is 2. The number of anilines is 1. The molecule has 8 nitrogen and oxygen atoms in total. The number of carboxylic acids is 1. The number of benzene rings is 2. The average Bonchev–Trinajstić information content (AvgIpc) is 3.25. The number of carbonyl (C=O) groups is 2. The summed E-state index contributed by atoms with van der Waals surface area (Å²) in [6.45, 7) is 3.28. The summed E-state index contributed by atoms with van der Waals surface area (Å²) in [7, 11) is 1.33. The second kappa shape index (κ2) is 9.98. The second-order valence-electron chi connectivity index (χ2n) is 10.3. The smallest absolute Gasteiger partial charge is 0.414 e. The lowest BCUT2D eigenvalue weighted by Crippen LogP contribution is -2.42. The largest absolute Gasteiger partial charge is 0.481 e. The highest BCUT2D eigenvalue weighted by Crippen LogP contribution is 2.40. The summed E-state index contributed by atoms with van der Waals surface area (Å²) in [6.07, 6.45) is 0.407. The minimum atomic E-state index is -3.01. The number of halogens is 2. The Morgan fingerprint density at radius 1 is 1.24 bits per heavy atom. The highest BCUT2D eigenvalue weighted by molar-refractivity contribution is 5.95. The molecule has 1 amide bonds. The molecule has 1 N–H and O–H groups in total. The number of methoxy groups -OCH3 is 1. The van der Waals surface area contributed by atoms with Gasteiger partial charge in [-0.1, -0.05) is 29.8 Å². The molecule has 2 aliphatic rings. The zero-order valence-electron chi connectivity index (χ0n) is 21.6. The van der Waals surface area contributed by atoms with Gasteiger partial charge in [0.1, 0.15) is 12.4 Å². The minimum Gasteiger partial charge on any atom is -0.481 e. The van der Waals surface area contributed by atoms with Crippen molar-refractivity contribution in [1.29, 1.82) is 0 Å². The van der Waals surface area contributed by atoms with Gasteiger partial charge in [-0.2, -0.15) is 0 Å². The Bertz CT molecular complexity index is 1370. The van der Waals surface area contributed by atoms with E-state index in [0.29, 0.717) is 41.0 Å². The van der Waals surface area contributed by atoms with Gasteiger partial charge in [-0.25, -0.2) is 18.6 Å². The van der Waals surface area contributed by atoms with Gasteiger partial charge in [-0.05, 0) is 44.4 Å². The maximum absolute atomic E-state index is 14.5. The summed E-state index contributed by atoms with van der Waals surface area (Å²) in [5, 5.41) is 10.1. The minimum absolute atomic E-state index is 0.0149. The SMILES string of the molecule is COC(=O)N1c2ccc3c(nc(C[C@@H](C(=O)O)c4ccc(C)cc4)n3[C@@H]3COCC(F)(F)C3)c2CC[C@@H]1C. The van der Waals surface area contributed by atoms with E-state index in [2.05, 4.69) is 0 Å². The monoisotopic (exact) mass is 527 g/mol. The van der Waals surface area contributed by atoms with Crippen molar-refractivity contribution in [3.8, 4) is 0 Å². The number of aliphatic carboxylic acids is 1. The standard InChI is InChI=1S/C28H31F2N3O5/c1-16-4-7-18(8-5-16)21(26(34)35)12-24-31-25-20-9-6-17(2)32(27(36)37-3)22(20)10-11-23(25)33(24)19-13-28(29,30)15-38-14-19/h4-5,7-8,10-11,17,19,21H,6,9,12-15H2,1-3H3,(H,34,35)/t17-,19-,21+/m0/s1. The fraction of sp³-hybridized carbons (Fsp3) is 0.464. The number of rotatable bonds is 5. The van der Waals surface area contributed by atoms with E-state index in [0.717, 1.165) is 11.1 Å². The van der Waals surface area contributed by atoms with Crippen LogP contribution in [0.2, 0.25) is 0 Å². The Morgan fingerprint density at radius 3 is 2.63 bits per heavy atom. The fourth-order valence-corrected chi connectivity index (χ4v) is 5.68. The predicted octanol–water partition coefficient (Wildman–Crippen LogP) is 5.26. The van der Waals surface area contributed by atoms with Crippen LogP contribution >= 0.6 is 0 Å². The maximum atomic E-state index is 14.5. The number of aryl methyl sites for hydroxylation is 2. The van der Waals surface area contributed by atoms with E-state index >= 15 is 0 Å². The Kier molecular flexibility index (Phi) is 6.85. The lowest BCUT2D eigenvalue weighted by atomic mass is 9.94. The highest BCUT2D eigenvalue weighted by atomic mass is 19.3. The summed E-state index contributed by atoms with van der Waals surface area (Å²) in [4.78, 5) is 31.4. The van der Waals surface area contributed by atoms with E-state index in [9.17, 15) is 23.5 Å². The van der Waals surface area contributed by atoms with E-state index in [4.69, 9.17) is 14.5 Å². The molecule has 0 aliphatic carbocycles. The summed E-state index contributed by atoms with van der Waals surface area (Å²) in [6, 6.07) is 10.0. The summed E-state index contributed by atoms with van der Waals surface area (Å²) < 4.78 is 40.9. The van der Waals surface area contributed by atoms with Crippen LogP contribution in [0.5, 0.6) is 0 Å². The number of aromatic nitrogens is 2. The van der Waals surface area contributed by atoms with Crippen LogP contribution in [-0.2, 0) is 27.1 Å². The zero-order chi connectivity index (χ0) is 27.2. The van der Waals surface area contributed by atoms with Crippen LogP contribution in [0.15, 0.2) is 36.4 Å². The van der Waals surface area contributed by atoms with Gasteiger partial charge in [0.25, 0.3) is 5.92 Å². The van der Waals surface area contributed by atoms with Gasteiger partial charge in [0.2, 0.25) is 0 Å². The van der Waals surface area contributed by atoms with Gasteiger partial charge in [0.05, 0.1) is 42.4 Å². The summed E-state index contributed by atoms with van der Waals surface area (Å²) >= 11 is 0. The second-order valence-corrected chi connectivity index (χ2v) is 10.3. The third-order valence-corrected chi connectivity index (χ3v) is 7.59. The van der Waals surface area contributed by atoms with Crippen molar-refractivity contribution in [2.45, 2.75) is 63.5 Å². The number of hydrogen-bond donors (Lipinski definition) is 1. The van der Waals surface area contributed by atoms with E-state index in [1.165, 1.54) is 7.11 Å². The molecule has 38 heavy (non-hydrogen) atoms. The van der Waals surface area contributed by atoms with Crippen LogP contribution in [-0.4, -0.2) is 59.0 Å². The molecule has 10 heteroatoms. The van der Waals surface area contributed by atoms with Crippen molar-refractivity contribution in [3.63, 3.8) is 0 Å². The van der Waals surface area contributed by atoms with Crippen LogP contribution in [0.3, 0.4) is 0 Å². The van der Waals surface area contributed by atoms with Gasteiger partial charge in [0.15, 0.2) is 0 Å².